The molecule has 0 nitrogen and oxygen atoms in total. The lowest BCUT2D eigenvalue weighted by Gasteiger charge is -2.11. The molecular formula is C8H11Br. The zero-order valence-corrected chi connectivity index (χ0v) is 7.19. The first kappa shape index (κ1) is 7.07. The molecule has 0 aromatic heterocycles. The van der Waals surface area contributed by atoms with Gasteiger partial charge in [-0.05, 0) is 23.2 Å². The average Bonchev–Trinajstić information content (AvgIpc) is 1.88. The molecule has 9 heavy (non-hydrogen) atoms. The van der Waals surface area contributed by atoms with Crippen LogP contribution in [0.4, 0.5) is 0 Å². The fraction of sp³-hybridized carbons (Fsp3) is 0.500. The molecule has 0 radical (unpaired) electrons. The molecule has 1 aliphatic carbocycles. The van der Waals surface area contributed by atoms with Gasteiger partial charge in [0, 0.05) is 0 Å². The molecule has 0 aromatic carbocycles. The second-order valence-electron chi connectivity index (χ2n) is 2.37. The van der Waals surface area contributed by atoms with Gasteiger partial charge in [0.2, 0.25) is 0 Å². The third-order valence-electron chi connectivity index (χ3n) is 1.64. The third-order valence-corrected chi connectivity index (χ3v) is 2.23. The molecule has 0 aliphatic heterocycles. The van der Waals surface area contributed by atoms with E-state index in [4.69, 9.17) is 0 Å². The minimum Gasteiger partial charge on any atom is -0.0811 e. The molecule has 1 aliphatic rings. The van der Waals surface area contributed by atoms with Gasteiger partial charge in [-0.25, -0.2) is 0 Å². The van der Waals surface area contributed by atoms with Crippen molar-refractivity contribution in [3.05, 3.63) is 22.7 Å². The van der Waals surface area contributed by atoms with Crippen LogP contribution in [0.5, 0.6) is 0 Å². The summed E-state index contributed by atoms with van der Waals surface area (Å²) in [5.74, 6) is 0.768. The Morgan fingerprint density at radius 1 is 1.78 bits per heavy atom. The number of allylic oxidation sites excluding steroid dienone is 4. The van der Waals surface area contributed by atoms with E-state index in [1.807, 2.05) is 0 Å². The highest BCUT2D eigenvalue weighted by Crippen LogP contribution is 2.24. The standard InChI is InChI=1S/C8H11Br/c1-2-7-4-3-5-8(9)6-7/h3-5,7H,2,6H2,1H3. The molecule has 0 fully saturated rings. The molecule has 1 unspecified atom stereocenters. The summed E-state index contributed by atoms with van der Waals surface area (Å²) in [6.07, 6.45) is 8.95. The Morgan fingerprint density at radius 2 is 2.56 bits per heavy atom. The quantitative estimate of drug-likeness (QED) is 0.591. The lowest BCUT2D eigenvalue weighted by Crippen LogP contribution is -1.96. The molecule has 0 spiro atoms. The molecule has 0 saturated carbocycles. The monoisotopic (exact) mass is 186 g/mol. The minimum atomic E-state index is 0.768. The van der Waals surface area contributed by atoms with Crippen molar-refractivity contribution in [2.45, 2.75) is 19.8 Å². The predicted molar refractivity (Wildman–Crippen MR) is 44.5 cm³/mol. The van der Waals surface area contributed by atoms with E-state index in [0.717, 1.165) is 5.92 Å². The Kier molecular flexibility index (Phi) is 2.52. The van der Waals surface area contributed by atoms with Crippen LogP contribution < -0.4 is 0 Å². The van der Waals surface area contributed by atoms with Crippen molar-refractivity contribution in [2.75, 3.05) is 0 Å². The summed E-state index contributed by atoms with van der Waals surface area (Å²) in [5, 5.41) is 0. The average molecular weight is 187 g/mol. The Balaban J connectivity index is 2.51. The fourth-order valence-electron chi connectivity index (χ4n) is 0.984. The predicted octanol–water partition coefficient (Wildman–Crippen LogP) is 3.25. The van der Waals surface area contributed by atoms with Crippen LogP contribution in [0.25, 0.3) is 0 Å². The van der Waals surface area contributed by atoms with Gasteiger partial charge >= 0.3 is 0 Å². The maximum atomic E-state index is 3.48. The molecule has 0 amide bonds. The van der Waals surface area contributed by atoms with Gasteiger partial charge in [-0.15, -0.1) is 0 Å². The van der Waals surface area contributed by atoms with E-state index >= 15 is 0 Å². The van der Waals surface area contributed by atoms with Crippen molar-refractivity contribution in [2.24, 2.45) is 5.92 Å². The van der Waals surface area contributed by atoms with Crippen LogP contribution in [0.2, 0.25) is 0 Å². The van der Waals surface area contributed by atoms with E-state index < -0.39 is 0 Å². The number of hydrogen-bond acceptors (Lipinski definition) is 0. The summed E-state index contributed by atoms with van der Waals surface area (Å²) < 4.78 is 1.33. The van der Waals surface area contributed by atoms with Crippen LogP contribution in [-0.4, -0.2) is 0 Å². The lowest BCUT2D eigenvalue weighted by atomic mass is 9.99. The van der Waals surface area contributed by atoms with Crippen molar-refractivity contribution in [1.82, 2.24) is 0 Å². The fourth-order valence-corrected chi connectivity index (χ4v) is 1.55. The van der Waals surface area contributed by atoms with Gasteiger partial charge < -0.3 is 0 Å². The largest absolute Gasteiger partial charge is 0.0811 e. The maximum Gasteiger partial charge on any atom is -0.00436 e. The topological polar surface area (TPSA) is 0 Å². The van der Waals surface area contributed by atoms with Gasteiger partial charge in [-0.3, -0.25) is 0 Å². The van der Waals surface area contributed by atoms with Crippen LogP contribution in [0.3, 0.4) is 0 Å². The molecule has 0 aromatic rings. The SMILES string of the molecule is CCC1C=CC=C(Br)C1. The molecule has 0 heterocycles. The normalized spacial score (nSPS) is 26.0. The van der Waals surface area contributed by atoms with Crippen LogP contribution in [-0.2, 0) is 0 Å². The van der Waals surface area contributed by atoms with Gasteiger partial charge in [0.05, 0.1) is 0 Å². The van der Waals surface area contributed by atoms with Gasteiger partial charge in [-0.2, -0.15) is 0 Å². The lowest BCUT2D eigenvalue weighted by molar-refractivity contribution is 0.629. The van der Waals surface area contributed by atoms with Crippen molar-refractivity contribution >= 4 is 15.9 Å². The number of hydrogen-bond donors (Lipinski definition) is 0. The van der Waals surface area contributed by atoms with Crippen LogP contribution in [0, 0.1) is 5.92 Å². The highest BCUT2D eigenvalue weighted by molar-refractivity contribution is 9.11. The Morgan fingerprint density at radius 3 is 3.00 bits per heavy atom. The Hall–Kier alpha value is -0.0400. The molecule has 1 rings (SSSR count). The summed E-state index contributed by atoms with van der Waals surface area (Å²) >= 11 is 3.48. The van der Waals surface area contributed by atoms with Crippen molar-refractivity contribution in [3.63, 3.8) is 0 Å². The van der Waals surface area contributed by atoms with Crippen molar-refractivity contribution in [1.29, 1.82) is 0 Å². The van der Waals surface area contributed by atoms with Gasteiger partial charge in [0.1, 0.15) is 0 Å². The van der Waals surface area contributed by atoms with E-state index in [0.29, 0.717) is 0 Å². The molecule has 50 valence electrons. The van der Waals surface area contributed by atoms with Crippen LogP contribution >= 0.6 is 15.9 Å². The van der Waals surface area contributed by atoms with E-state index in [2.05, 4.69) is 41.1 Å². The molecule has 1 atom stereocenters. The second kappa shape index (κ2) is 3.21. The second-order valence-corrected chi connectivity index (χ2v) is 3.39. The van der Waals surface area contributed by atoms with E-state index in [-0.39, 0.29) is 0 Å². The summed E-state index contributed by atoms with van der Waals surface area (Å²) in [7, 11) is 0. The van der Waals surface area contributed by atoms with Crippen LogP contribution in [0.1, 0.15) is 19.8 Å². The molecule has 0 bridgehead atoms. The van der Waals surface area contributed by atoms with Crippen molar-refractivity contribution in [3.8, 4) is 0 Å². The minimum absolute atomic E-state index is 0.768. The summed E-state index contributed by atoms with van der Waals surface area (Å²) in [6, 6.07) is 0. The molecule has 0 saturated heterocycles. The van der Waals surface area contributed by atoms with Gasteiger partial charge in [-0.1, -0.05) is 41.1 Å². The molecular weight excluding hydrogens is 176 g/mol. The number of halogens is 1. The first-order chi connectivity index (χ1) is 4.33. The summed E-state index contributed by atoms with van der Waals surface area (Å²) in [5.41, 5.74) is 0. The summed E-state index contributed by atoms with van der Waals surface area (Å²) in [4.78, 5) is 0. The highest BCUT2D eigenvalue weighted by atomic mass is 79.9. The first-order valence-corrected chi connectivity index (χ1v) is 4.15. The molecule has 1 heteroatoms. The first-order valence-electron chi connectivity index (χ1n) is 3.35. The van der Waals surface area contributed by atoms with Gasteiger partial charge in [0.25, 0.3) is 0 Å². The van der Waals surface area contributed by atoms with Crippen LogP contribution in [0.15, 0.2) is 22.7 Å². The van der Waals surface area contributed by atoms with E-state index in [9.17, 15) is 0 Å². The zero-order valence-electron chi connectivity index (χ0n) is 5.60. The molecule has 0 N–H and O–H groups in total. The Bertz CT molecular complexity index is 145. The van der Waals surface area contributed by atoms with Crippen molar-refractivity contribution < 1.29 is 0 Å². The third kappa shape index (κ3) is 1.98. The Labute approximate surface area is 64.8 Å². The zero-order chi connectivity index (χ0) is 6.69. The summed E-state index contributed by atoms with van der Waals surface area (Å²) in [6.45, 7) is 2.22. The number of rotatable bonds is 1. The van der Waals surface area contributed by atoms with E-state index in [1.165, 1.54) is 17.3 Å². The maximum absolute atomic E-state index is 3.48. The highest BCUT2D eigenvalue weighted by Gasteiger charge is 2.05. The van der Waals surface area contributed by atoms with E-state index in [1.54, 1.807) is 0 Å². The van der Waals surface area contributed by atoms with Gasteiger partial charge in [0.15, 0.2) is 0 Å². The smallest absolute Gasteiger partial charge is 0.00436 e.